The lowest BCUT2D eigenvalue weighted by molar-refractivity contribution is -0.148. The van der Waals surface area contributed by atoms with Crippen LogP contribution >= 0.6 is 0 Å². The Bertz CT molecular complexity index is 1040. The lowest BCUT2D eigenvalue weighted by Crippen LogP contribution is -2.40. The fourth-order valence-corrected chi connectivity index (χ4v) is 3.65. The number of hydrogen-bond donors (Lipinski definition) is 0. The van der Waals surface area contributed by atoms with E-state index in [1.54, 1.807) is 11.0 Å². The van der Waals surface area contributed by atoms with E-state index in [0.717, 1.165) is 41.0 Å². The average molecular weight is 404 g/mol. The summed E-state index contributed by atoms with van der Waals surface area (Å²) >= 11 is 0. The summed E-state index contributed by atoms with van der Waals surface area (Å²) in [6.45, 7) is 2.93. The van der Waals surface area contributed by atoms with Crippen molar-refractivity contribution in [3.63, 3.8) is 0 Å². The van der Waals surface area contributed by atoms with Crippen molar-refractivity contribution in [1.82, 2.24) is 9.88 Å². The van der Waals surface area contributed by atoms with Crippen molar-refractivity contribution < 1.29 is 18.7 Å². The van der Waals surface area contributed by atoms with Crippen molar-refractivity contribution in [3.8, 4) is 0 Å². The first-order chi connectivity index (χ1) is 14.6. The highest BCUT2D eigenvalue weighted by Gasteiger charge is 2.27. The Kier molecular flexibility index (Phi) is 5.93. The third-order valence-corrected chi connectivity index (χ3v) is 5.30. The van der Waals surface area contributed by atoms with Crippen LogP contribution in [-0.2, 0) is 14.3 Å². The van der Waals surface area contributed by atoms with Gasteiger partial charge in [-0.3, -0.25) is 4.79 Å². The second-order valence-electron chi connectivity index (χ2n) is 7.53. The largest absolute Gasteiger partial charge is 0.452 e. The third kappa shape index (κ3) is 4.76. The van der Waals surface area contributed by atoms with E-state index in [0.29, 0.717) is 13.1 Å². The molecule has 4 rings (SSSR count). The van der Waals surface area contributed by atoms with Gasteiger partial charge < -0.3 is 14.1 Å². The Hall–Kier alpha value is -3.41. The lowest BCUT2D eigenvalue weighted by Gasteiger charge is -2.30. The summed E-state index contributed by atoms with van der Waals surface area (Å²) in [7, 11) is 0. The van der Waals surface area contributed by atoms with E-state index < -0.39 is 5.97 Å². The minimum absolute atomic E-state index is 0.177. The zero-order valence-corrected chi connectivity index (χ0v) is 16.9. The fraction of sp³-hybridized carbons (Fsp3) is 0.292. The molecule has 0 N–H and O–H groups in total. The van der Waals surface area contributed by atoms with Crippen LogP contribution in [0.15, 0.2) is 59.0 Å². The van der Waals surface area contributed by atoms with Crippen LogP contribution < -0.4 is 0 Å². The molecular formula is C24H24N2O4. The molecular weight excluding hydrogens is 380 g/mol. The molecule has 6 nitrogen and oxygen atoms in total. The summed E-state index contributed by atoms with van der Waals surface area (Å²) in [5, 5.41) is 0. The molecule has 30 heavy (non-hydrogen) atoms. The van der Waals surface area contributed by atoms with Crippen LogP contribution in [0.4, 0.5) is 0 Å². The van der Waals surface area contributed by atoms with Gasteiger partial charge in [0.2, 0.25) is 0 Å². The summed E-state index contributed by atoms with van der Waals surface area (Å²) in [5.41, 5.74) is 3.68. The van der Waals surface area contributed by atoms with Gasteiger partial charge in [0, 0.05) is 25.1 Å². The number of carbonyl (C=O) groups excluding carboxylic acids is 2. The number of fused-ring (bicyclic) bond motifs is 1. The van der Waals surface area contributed by atoms with Crippen LogP contribution in [0.2, 0.25) is 0 Å². The molecule has 1 saturated heterocycles. The number of aryl methyl sites for hydroxylation is 1. The lowest BCUT2D eigenvalue weighted by atomic mass is 9.97. The number of amides is 1. The first-order valence-corrected chi connectivity index (χ1v) is 10.1. The summed E-state index contributed by atoms with van der Waals surface area (Å²) < 4.78 is 11.0. The molecule has 154 valence electrons. The molecule has 2 aromatic carbocycles. The Morgan fingerprint density at radius 3 is 2.73 bits per heavy atom. The molecule has 0 saturated carbocycles. The Labute approximate surface area is 175 Å². The SMILES string of the molecule is Cc1cccc(/C=C/C(=O)OCC(=O)N2CCC(c3nc4ccccc4o3)CC2)c1. The fourth-order valence-electron chi connectivity index (χ4n) is 3.65. The standard InChI is InChI=1S/C24H24N2O4/c1-17-5-4-6-18(15-17)9-10-23(28)29-16-22(27)26-13-11-19(12-14-26)24-25-20-7-2-3-8-21(20)30-24/h2-10,15,19H,11-14,16H2,1H3/b10-9+. The molecule has 0 radical (unpaired) electrons. The normalized spacial score (nSPS) is 15.0. The molecule has 0 atom stereocenters. The van der Waals surface area contributed by atoms with E-state index in [1.807, 2.05) is 55.5 Å². The molecule has 0 unspecified atom stereocenters. The predicted octanol–water partition coefficient (Wildman–Crippen LogP) is 4.10. The van der Waals surface area contributed by atoms with Gasteiger partial charge >= 0.3 is 5.97 Å². The Morgan fingerprint density at radius 2 is 1.97 bits per heavy atom. The maximum Gasteiger partial charge on any atom is 0.331 e. The van der Waals surface area contributed by atoms with Gasteiger partial charge in [0.15, 0.2) is 18.1 Å². The number of nitrogens with zero attached hydrogens (tertiary/aromatic N) is 2. The van der Waals surface area contributed by atoms with Crippen LogP contribution in [0.1, 0.15) is 35.8 Å². The maximum atomic E-state index is 12.4. The zero-order valence-electron chi connectivity index (χ0n) is 16.9. The summed E-state index contributed by atoms with van der Waals surface area (Å²) in [6.07, 6.45) is 4.59. The van der Waals surface area contributed by atoms with Crippen molar-refractivity contribution >= 4 is 29.1 Å². The minimum atomic E-state index is -0.522. The van der Waals surface area contributed by atoms with E-state index in [2.05, 4.69) is 4.98 Å². The molecule has 0 bridgehead atoms. The van der Waals surface area contributed by atoms with E-state index in [4.69, 9.17) is 9.15 Å². The number of carbonyl (C=O) groups is 2. The van der Waals surface area contributed by atoms with E-state index in [9.17, 15) is 9.59 Å². The van der Waals surface area contributed by atoms with E-state index in [1.165, 1.54) is 6.08 Å². The number of piperidine rings is 1. The molecule has 6 heteroatoms. The summed E-state index contributed by atoms with van der Waals surface area (Å²) in [6, 6.07) is 15.5. The smallest absolute Gasteiger partial charge is 0.331 e. The molecule has 0 aliphatic carbocycles. The van der Waals surface area contributed by atoms with Gasteiger partial charge in [0.25, 0.3) is 5.91 Å². The number of benzene rings is 2. The topological polar surface area (TPSA) is 72.6 Å². The van der Waals surface area contributed by atoms with Gasteiger partial charge in [-0.1, -0.05) is 42.0 Å². The van der Waals surface area contributed by atoms with Crippen molar-refractivity contribution in [1.29, 1.82) is 0 Å². The van der Waals surface area contributed by atoms with Crippen LogP contribution in [-0.4, -0.2) is 41.5 Å². The average Bonchev–Trinajstić information content (AvgIpc) is 3.20. The maximum absolute atomic E-state index is 12.4. The summed E-state index contributed by atoms with van der Waals surface area (Å²) in [5.74, 6) is 0.229. The van der Waals surface area contributed by atoms with Crippen LogP contribution in [0.25, 0.3) is 17.2 Å². The first-order valence-electron chi connectivity index (χ1n) is 10.1. The van der Waals surface area contributed by atoms with Gasteiger partial charge in [-0.2, -0.15) is 0 Å². The van der Waals surface area contributed by atoms with Gasteiger partial charge in [0.05, 0.1) is 0 Å². The number of hydrogen-bond acceptors (Lipinski definition) is 5. The molecule has 1 aliphatic rings. The van der Waals surface area contributed by atoms with Gasteiger partial charge in [-0.05, 0) is 43.5 Å². The van der Waals surface area contributed by atoms with Crippen molar-refractivity contribution in [2.45, 2.75) is 25.7 Å². The van der Waals surface area contributed by atoms with Gasteiger partial charge in [-0.15, -0.1) is 0 Å². The van der Waals surface area contributed by atoms with Crippen LogP contribution in [0, 0.1) is 6.92 Å². The Morgan fingerprint density at radius 1 is 1.17 bits per heavy atom. The number of para-hydroxylation sites is 2. The number of aromatic nitrogens is 1. The molecule has 2 heterocycles. The minimum Gasteiger partial charge on any atom is -0.452 e. The highest BCUT2D eigenvalue weighted by atomic mass is 16.5. The van der Waals surface area contributed by atoms with Crippen molar-refractivity contribution in [3.05, 3.63) is 71.6 Å². The molecule has 1 amide bonds. The number of ether oxygens (including phenoxy) is 1. The van der Waals surface area contributed by atoms with Gasteiger partial charge in [-0.25, -0.2) is 9.78 Å². The number of rotatable bonds is 5. The number of likely N-dealkylation sites (tertiary alicyclic amines) is 1. The monoisotopic (exact) mass is 404 g/mol. The van der Waals surface area contributed by atoms with E-state index in [-0.39, 0.29) is 18.4 Å². The molecule has 3 aromatic rings. The predicted molar refractivity (Wildman–Crippen MR) is 114 cm³/mol. The first kappa shape index (κ1) is 19.9. The van der Waals surface area contributed by atoms with Crippen LogP contribution in [0.5, 0.6) is 0 Å². The van der Waals surface area contributed by atoms with Crippen LogP contribution in [0.3, 0.4) is 0 Å². The number of oxazole rings is 1. The van der Waals surface area contributed by atoms with Crippen molar-refractivity contribution in [2.75, 3.05) is 19.7 Å². The third-order valence-electron chi connectivity index (χ3n) is 5.30. The Balaban J connectivity index is 1.24. The zero-order chi connectivity index (χ0) is 20.9. The number of esters is 1. The molecule has 0 spiro atoms. The van der Waals surface area contributed by atoms with E-state index >= 15 is 0 Å². The second-order valence-corrected chi connectivity index (χ2v) is 7.53. The second kappa shape index (κ2) is 8.95. The van der Waals surface area contributed by atoms with Crippen molar-refractivity contribution in [2.24, 2.45) is 0 Å². The highest BCUT2D eigenvalue weighted by Crippen LogP contribution is 2.29. The summed E-state index contributed by atoms with van der Waals surface area (Å²) in [4.78, 5) is 30.6. The molecule has 1 aromatic heterocycles. The quantitative estimate of drug-likeness (QED) is 0.473. The highest BCUT2D eigenvalue weighted by molar-refractivity contribution is 5.89. The molecule has 1 aliphatic heterocycles. The van der Waals surface area contributed by atoms with Gasteiger partial charge in [0.1, 0.15) is 5.52 Å². The molecule has 1 fully saturated rings.